The number of fused-ring (bicyclic) bond motifs is 3. The summed E-state index contributed by atoms with van der Waals surface area (Å²) in [5.41, 5.74) is -5.01. The quantitative estimate of drug-likeness (QED) is 0.334. The van der Waals surface area contributed by atoms with Crippen LogP contribution in [-0.2, 0) is 42.9 Å². The zero-order chi connectivity index (χ0) is 27.5. The van der Waals surface area contributed by atoms with Crippen LogP contribution in [0.2, 0.25) is 0 Å². The third-order valence-corrected chi connectivity index (χ3v) is 11.1. The first-order chi connectivity index (χ1) is 17.0. The van der Waals surface area contributed by atoms with E-state index in [0.29, 0.717) is 12.8 Å². The molecule has 5 fully saturated rings. The van der Waals surface area contributed by atoms with Gasteiger partial charge < -0.3 is 24.1 Å². The zero-order valence-corrected chi connectivity index (χ0v) is 22.4. The minimum Gasteiger partial charge on any atom is -0.478 e. The highest BCUT2D eigenvalue weighted by molar-refractivity contribution is 5.95. The van der Waals surface area contributed by atoms with Crippen molar-refractivity contribution in [2.75, 3.05) is 0 Å². The van der Waals surface area contributed by atoms with E-state index in [2.05, 4.69) is 0 Å². The number of carboxylic acids is 1. The monoisotopic (exact) mass is 520 g/mol. The van der Waals surface area contributed by atoms with Gasteiger partial charge in [-0.15, -0.1) is 0 Å². The normalized spacial score (nSPS) is 49.3. The number of ketones is 1. The van der Waals surface area contributed by atoms with Crippen molar-refractivity contribution in [3.63, 3.8) is 0 Å². The van der Waals surface area contributed by atoms with Crippen LogP contribution >= 0.6 is 0 Å². The van der Waals surface area contributed by atoms with Crippen molar-refractivity contribution >= 4 is 29.7 Å². The minimum absolute atomic E-state index is 0.0900. The van der Waals surface area contributed by atoms with Crippen LogP contribution in [-0.4, -0.2) is 64.8 Å². The molecule has 0 aromatic carbocycles. The van der Waals surface area contributed by atoms with Gasteiger partial charge in [-0.2, -0.15) is 0 Å². The van der Waals surface area contributed by atoms with Crippen molar-refractivity contribution < 1.29 is 48.0 Å². The molecule has 5 rings (SSSR count). The van der Waals surface area contributed by atoms with E-state index in [4.69, 9.17) is 18.9 Å². The highest BCUT2D eigenvalue weighted by Crippen LogP contribution is 2.78. The van der Waals surface area contributed by atoms with E-state index in [1.807, 2.05) is 20.8 Å². The maximum atomic E-state index is 14.3. The number of ether oxygens (including phenoxy) is 4. The molecule has 3 saturated carbocycles. The summed E-state index contributed by atoms with van der Waals surface area (Å²) in [6.45, 7) is 12.2. The van der Waals surface area contributed by atoms with Crippen LogP contribution in [0.25, 0.3) is 0 Å². The molecule has 3 aliphatic carbocycles. The Hall–Kier alpha value is -2.49. The first-order valence-corrected chi connectivity index (χ1v) is 13.0. The lowest BCUT2D eigenvalue weighted by molar-refractivity contribution is -0.259. The Morgan fingerprint density at radius 2 is 1.54 bits per heavy atom. The summed E-state index contributed by atoms with van der Waals surface area (Å²) in [5.74, 6) is -3.76. The standard InChI is InChI=1S/C27H36O10/c1-12(28)34-17-11-18(35-13(2)29)25(6)14-8-9-24(5)19(21(31)32)36-22(33)20-27(24,37-20)26(14,7)16(30)10-15(25)23(17,3)4/h14-15,17-20H,8-11H2,1-7H3,(H,31,32)/t14-,15+,17-,18+,19+,20-,24+,25-,26+,27-/m1/s1. The maximum Gasteiger partial charge on any atom is 0.345 e. The Labute approximate surface area is 215 Å². The van der Waals surface area contributed by atoms with Crippen molar-refractivity contribution in [1.29, 1.82) is 0 Å². The number of Topliss-reactive ketones (excluding diaryl/α,β-unsaturated/α-hetero) is 1. The highest BCUT2D eigenvalue weighted by Gasteiger charge is 2.89. The first kappa shape index (κ1) is 26.1. The molecule has 2 heterocycles. The second kappa shape index (κ2) is 7.55. The van der Waals surface area contributed by atoms with Crippen LogP contribution in [0.1, 0.15) is 74.1 Å². The molecule has 0 aromatic heterocycles. The van der Waals surface area contributed by atoms with Crippen molar-refractivity contribution in [2.45, 2.75) is 104 Å². The molecule has 0 amide bonds. The second-order valence-electron chi connectivity index (χ2n) is 12.9. The van der Waals surface area contributed by atoms with Crippen LogP contribution < -0.4 is 0 Å². The van der Waals surface area contributed by atoms with Gasteiger partial charge in [0.05, 0.1) is 5.41 Å². The number of epoxide rings is 1. The van der Waals surface area contributed by atoms with Gasteiger partial charge in [-0.3, -0.25) is 14.4 Å². The number of rotatable bonds is 3. The van der Waals surface area contributed by atoms with Gasteiger partial charge >= 0.3 is 23.9 Å². The molecule has 10 atom stereocenters. The molecule has 0 bridgehead atoms. The van der Waals surface area contributed by atoms with Crippen LogP contribution in [0.15, 0.2) is 0 Å². The Morgan fingerprint density at radius 3 is 2.11 bits per heavy atom. The van der Waals surface area contributed by atoms with Crippen LogP contribution in [0.4, 0.5) is 0 Å². The summed E-state index contributed by atoms with van der Waals surface area (Å²) >= 11 is 0. The summed E-state index contributed by atoms with van der Waals surface area (Å²) in [7, 11) is 0. The summed E-state index contributed by atoms with van der Waals surface area (Å²) in [5, 5.41) is 9.97. The van der Waals surface area contributed by atoms with E-state index in [0.717, 1.165) is 0 Å². The van der Waals surface area contributed by atoms with Crippen LogP contribution in [0, 0.1) is 33.5 Å². The highest BCUT2D eigenvalue weighted by atomic mass is 16.7. The van der Waals surface area contributed by atoms with Gasteiger partial charge in [0.1, 0.15) is 23.6 Å². The summed E-state index contributed by atoms with van der Waals surface area (Å²) in [6, 6.07) is 0. The summed E-state index contributed by atoms with van der Waals surface area (Å²) in [4.78, 5) is 63.6. The first-order valence-electron chi connectivity index (χ1n) is 13.0. The molecule has 204 valence electrons. The number of carbonyl (C=O) groups is 5. The van der Waals surface area contributed by atoms with Crippen molar-refractivity contribution in [2.24, 2.45) is 33.5 Å². The Balaban J connectivity index is 1.67. The topological polar surface area (TPSA) is 146 Å². The number of hydrogen-bond acceptors (Lipinski definition) is 9. The number of aliphatic carboxylic acids is 1. The van der Waals surface area contributed by atoms with Gasteiger partial charge in [-0.1, -0.05) is 27.7 Å². The van der Waals surface area contributed by atoms with E-state index in [-0.39, 0.29) is 30.5 Å². The van der Waals surface area contributed by atoms with E-state index in [9.17, 15) is 29.1 Å². The molecule has 37 heavy (non-hydrogen) atoms. The fourth-order valence-corrected chi connectivity index (χ4v) is 9.38. The summed E-state index contributed by atoms with van der Waals surface area (Å²) < 4.78 is 23.1. The molecular formula is C27H36O10. The molecule has 2 saturated heterocycles. The predicted molar refractivity (Wildman–Crippen MR) is 125 cm³/mol. The van der Waals surface area contributed by atoms with Gasteiger partial charge in [-0.05, 0) is 31.6 Å². The Morgan fingerprint density at radius 1 is 0.946 bits per heavy atom. The minimum atomic E-state index is -1.43. The van der Waals surface area contributed by atoms with E-state index < -0.39 is 75.6 Å². The van der Waals surface area contributed by atoms with Gasteiger partial charge in [0.2, 0.25) is 6.10 Å². The van der Waals surface area contributed by atoms with Crippen molar-refractivity contribution in [1.82, 2.24) is 0 Å². The van der Waals surface area contributed by atoms with E-state index >= 15 is 0 Å². The average Bonchev–Trinajstić information content (AvgIpc) is 3.54. The Kier molecular flexibility index (Phi) is 5.33. The molecule has 1 N–H and O–H groups in total. The molecular weight excluding hydrogens is 484 g/mol. The van der Waals surface area contributed by atoms with Crippen molar-refractivity contribution in [3.8, 4) is 0 Å². The van der Waals surface area contributed by atoms with Crippen molar-refractivity contribution in [3.05, 3.63) is 0 Å². The lowest BCUT2D eigenvalue weighted by Gasteiger charge is -2.69. The lowest BCUT2D eigenvalue weighted by atomic mass is 9.34. The van der Waals surface area contributed by atoms with Gasteiger partial charge in [0.15, 0.2) is 6.10 Å². The van der Waals surface area contributed by atoms with E-state index in [1.165, 1.54) is 13.8 Å². The third kappa shape index (κ3) is 2.93. The largest absolute Gasteiger partial charge is 0.478 e. The Bertz CT molecular complexity index is 1110. The van der Waals surface area contributed by atoms with Crippen LogP contribution in [0.5, 0.6) is 0 Å². The van der Waals surface area contributed by atoms with Crippen LogP contribution in [0.3, 0.4) is 0 Å². The van der Waals surface area contributed by atoms with Gasteiger partial charge in [-0.25, -0.2) is 9.59 Å². The number of esters is 3. The second-order valence-corrected chi connectivity index (χ2v) is 12.9. The number of cyclic esters (lactones) is 1. The molecule has 0 radical (unpaired) electrons. The SMILES string of the molecule is CC(=O)O[C@H]1C[C@@H](OC(C)=O)C(C)(C)[C@@H]2CC(=O)[C@]3(C)[C@H](CC[C@@]4(C)[C@H](C(=O)O)OC(=O)[C@H]5O[C@]543)[C@@]12C. The summed E-state index contributed by atoms with van der Waals surface area (Å²) in [6.07, 6.45) is -2.52. The predicted octanol–water partition coefficient (Wildman–Crippen LogP) is 2.45. The smallest absolute Gasteiger partial charge is 0.345 e. The molecule has 1 spiro atoms. The maximum absolute atomic E-state index is 14.3. The fraction of sp³-hybridized carbons (Fsp3) is 0.815. The van der Waals surface area contributed by atoms with E-state index in [1.54, 1.807) is 13.8 Å². The number of carbonyl (C=O) groups excluding carboxylic acids is 4. The third-order valence-electron chi connectivity index (χ3n) is 11.1. The van der Waals surface area contributed by atoms with Gasteiger partial charge in [0.25, 0.3) is 0 Å². The average molecular weight is 521 g/mol. The molecule has 0 unspecified atom stereocenters. The number of hydrogen-bond donors (Lipinski definition) is 1. The molecule has 2 aliphatic heterocycles. The molecule has 5 aliphatic rings. The lowest BCUT2D eigenvalue weighted by Crippen LogP contribution is -2.75. The molecule has 0 aromatic rings. The molecule has 10 nitrogen and oxygen atoms in total. The zero-order valence-electron chi connectivity index (χ0n) is 22.4. The van der Waals surface area contributed by atoms with Gasteiger partial charge in [0, 0.05) is 42.9 Å². The fourth-order valence-electron chi connectivity index (χ4n) is 9.38. The molecule has 10 heteroatoms. The number of carboxylic acid groups (broad SMARTS) is 1.